The average molecular weight is 356 g/mol. The van der Waals surface area contributed by atoms with Crippen molar-refractivity contribution in [1.82, 2.24) is 29.9 Å². The van der Waals surface area contributed by atoms with Gasteiger partial charge in [-0.3, -0.25) is 9.59 Å². The zero-order chi connectivity index (χ0) is 17.9. The molecule has 2 heterocycles. The average Bonchev–Trinajstić information content (AvgIpc) is 3.37. The Morgan fingerprint density at radius 3 is 2.54 bits per heavy atom. The van der Waals surface area contributed by atoms with Gasteiger partial charge in [-0.25, -0.2) is 14.3 Å². The maximum atomic E-state index is 12.3. The summed E-state index contributed by atoms with van der Waals surface area (Å²) in [6, 6.07) is 3.46. The van der Waals surface area contributed by atoms with Gasteiger partial charge in [-0.1, -0.05) is 12.8 Å². The van der Waals surface area contributed by atoms with Crippen molar-refractivity contribution in [3.05, 3.63) is 35.1 Å². The van der Waals surface area contributed by atoms with Crippen LogP contribution in [0.25, 0.3) is 5.82 Å². The van der Waals surface area contributed by atoms with Crippen molar-refractivity contribution in [1.29, 1.82) is 0 Å². The first-order valence-corrected chi connectivity index (χ1v) is 9.46. The molecule has 0 spiro atoms. The van der Waals surface area contributed by atoms with E-state index in [1.165, 1.54) is 25.2 Å². The predicted octanol–water partition coefficient (Wildman–Crippen LogP) is 1.61. The smallest absolute Gasteiger partial charge is 0.267 e. The highest BCUT2D eigenvalue weighted by Crippen LogP contribution is 2.29. The molecule has 0 radical (unpaired) electrons. The molecule has 2 aliphatic carbocycles. The SMILES string of the molecule is O=C(NC1CCC(n2nc(-n3cncn3)ccc2=O)CC1)C1CCCC1. The lowest BCUT2D eigenvalue weighted by Crippen LogP contribution is -2.41. The van der Waals surface area contributed by atoms with Gasteiger partial charge in [-0.15, -0.1) is 5.10 Å². The number of hydrogen-bond donors (Lipinski definition) is 1. The van der Waals surface area contributed by atoms with Crippen LogP contribution in [0.15, 0.2) is 29.6 Å². The van der Waals surface area contributed by atoms with Crippen LogP contribution in [0.4, 0.5) is 0 Å². The molecule has 0 atom stereocenters. The van der Waals surface area contributed by atoms with Gasteiger partial charge in [0.25, 0.3) is 5.56 Å². The lowest BCUT2D eigenvalue weighted by Gasteiger charge is -2.30. The normalized spacial score (nSPS) is 23.8. The third kappa shape index (κ3) is 3.54. The third-order valence-corrected chi connectivity index (χ3v) is 5.58. The second-order valence-corrected chi connectivity index (χ2v) is 7.31. The summed E-state index contributed by atoms with van der Waals surface area (Å²) in [7, 11) is 0. The Bertz CT molecular complexity index is 801. The maximum Gasteiger partial charge on any atom is 0.267 e. The van der Waals surface area contributed by atoms with E-state index < -0.39 is 0 Å². The van der Waals surface area contributed by atoms with Gasteiger partial charge in [-0.2, -0.15) is 5.10 Å². The van der Waals surface area contributed by atoms with Crippen LogP contribution in [0.5, 0.6) is 0 Å². The number of aromatic nitrogens is 5. The summed E-state index contributed by atoms with van der Waals surface area (Å²) in [5.41, 5.74) is -0.104. The number of amides is 1. The maximum absolute atomic E-state index is 12.3. The highest BCUT2D eigenvalue weighted by Gasteiger charge is 2.28. The fourth-order valence-electron chi connectivity index (χ4n) is 4.10. The molecular formula is C18H24N6O2. The Balaban J connectivity index is 1.39. The molecule has 2 aromatic rings. The Morgan fingerprint density at radius 1 is 1.08 bits per heavy atom. The molecule has 2 saturated carbocycles. The molecule has 0 aliphatic heterocycles. The van der Waals surface area contributed by atoms with Crippen molar-refractivity contribution < 1.29 is 4.79 Å². The molecule has 8 nitrogen and oxygen atoms in total. The summed E-state index contributed by atoms with van der Waals surface area (Å²) in [5.74, 6) is 1.00. The van der Waals surface area contributed by atoms with Crippen LogP contribution >= 0.6 is 0 Å². The molecule has 138 valence electrons. The third-order valence-electron chi connectivity index (χ3n) is 5.58. The molecule has 2 fully saturated rings. The summed E-state index contributed by atoms with van der Waals surface area (Å²) in [5, 5.41) is 11.7. The van der Waals surface area contributed by atoms with E-state index in [0.717, 1.165) is 38.5 Å². The summed E-state index contributed by atoms with van der Waals surface area (Å²) >= 11 is 0. The minimum Gasteiger partial charge on any atom is -0.353 e. The minimum atomic E-state index is -0.104. The van der Waals surface area contributed by atoms with Gasteiger partial charge in [0.1, 0.15) is 12.7 Å². The molecular weight excluding hydrogens is 332 g/mol. The molecule has 1 N–H and O–H groups in total. The van der Waals surface area contributed by atoms with Crippen LogP contribution in [-0.4, -0.2) is 36.5 Å². The van der Waals surface area contributed by atoms with Crippen LogP contribution < -0.4 is 10.9 Å². The van der Waals surface area contributed by atoms with E-state index in [1.807, 2.05) is 0 Å². The molecule has 2 aromatic heterocycles. The number of nitrogens with one attached hydrogen (secondary N) is 1. The van der Waals surface area contributed by atoms with Gasteiger partial charge in [0, 0.05) is 18.0 Å². The number of nitrogens with zero attached hydrogens (tertiary/aromatic N) is 5. The monoisotopic (exact) mass is 356 g/mol. The van der Waals surface area contributed by atoms with Crippen LogP contribution in [0.1, 0.15) is 57.4 Å². The van der Waals surface area contributed by atoms with Crippen molar-refractivity contribution in [3.8, 4) is 5.82 Å². The molecule has 0 saturated heterocycles. The largest absolute Gasteiger partial charge is 0.353 e. The summed E-state index contributed by atoms with van der Waals surface area (Å²) in [6.45, 7) is 0. The van der Waals surface area contributed by atoms with Gasteiger partial charge in [-0.05, 0) is 44.6 Å². The van der Waals surface area contributed by atoms with E-state index >= 15 is 0 Å². The number of carbonyl (C=O) groups is 1. The quantitative estimate of drug-likeness (QED) is 0.898. The lowest BCUT2D eigenvalue weighted by molar-refractivity contribution is -0.125. The van der Waals surface area contributed by atoms with Gasteiger partial charge in [0.15, 0.2) is 5.82 Å². The van der Waals surface area contributed by atoms with Gasteiger partial charge >= 0.3 is 0 Å². The molecule has 0 bridgehead atoms. The molecule has 8 heteroatoms. The first-order chi connectivity index (χ1) is 12.7. The van der Waals surface area contributed by atoms with Gasteiger partial charge < -0.3 is 5.32 Å². The Labute approximate surface area is 151 Å². The zero-order valence-corrected chi connectivity index (χ0v) is 14.8. The topological polar surface area (TPSA) is 94.7 Å². The molecule has 2 aliphatic rings. The fourth-order valence-corrected chi connectivity index (χ4v) is 4.10. The summed E-state index contributed by atoms with van der Waals surface area (Å²) in [4.78, 5) is 28.5. The number of hydrogen-bond acceptors (Lipinski definition) is 5. The summed E-state index contributed by atoms with van der Waals surface area (Å²) in [6.07, 6.45) is 10.8. The van der Waals surface area contributed by atoms with Crippen LogP contribution in [-0.2, 0) is 4.79 Å². The van der Waals surface area contributed by atoms with Crippen molar-refractivity contribution in [2.75, 3.05) is 0 Å². The van der Waals surface area contributed by atoms with E-state index in [-0.39, 0.29) is 29.5 Å². The molecule has 1 amide bonds. The van der Waals surface area contributed by atoms with Crippen LogP contribution in [0.2, 0.25) is 0 Å². The molecule has 4 rings (SSSR count). The molecule has 26 heavy (non-hydrogen) atoms. The highest BCUT2D eigenvalue weighted by atomic mass is 16.2. The van der Waals surface area contributed by atoms with Crippen molar-refractivity contribution >= 4 is 5.91 Å². The highest BCUT2D eigenvalue weighted by molar-refractivity contribution is 5.79. The Morgan fingerprint density at radius 2 is 1.85 bits per heavy atom. The van der Waals surface area contributed by atoms with E-state index in [0.29, 0.717) is 5.82 Å². The minimum absolute atomic E-state index is 0.0607. The van der Waals surface area contributed by atoms with Crippen molar-refractivity contribution in [2.45, 2.75) is 63.5 Å². The van der Waals surface area contributed by atoms with Crippen LogP contribution in [0.3, 0.4) is 0 Å². The summed E-state index contributed by atoms with van der Waals surface area (Å²) < 4.78 is 3.11. The van der Waals surface area contributed by atoms with E-state index in [2.05, 4.69) is 20.5 Å². The standard InChI is InChI=1S/C18H24N6O2/c25-17-10-9-16(23-12-19-11-20-23)22-24(17)15-7-5-14(6-8-15)21-18(26)13-3-1-2-4-13/h9-15H,1-8H2,(H,21,26). The molecule has 0 aromatic carbocycles. The Kier molecular flexibility index (Phi) is 4.81. The molecule has 0 unspecified atom stereocenters. The first kappa shape index (κ1) is 16.9. The number of carbonyl (C=O) groups excluding carboxylic acids is 1. The van der Waals surface area contributed by atoms with E-state index in [4.69, 9.17) is 0 Å². The predicted molar refractivity (Wildman–Crippen MR) is 94.8 cm³/mol. The fraction of sp³-hybridized carbons (Fsp3) is 0.611. The van der Waals surface area contributed by atoms with E-state index in [1.54, 1.807) is 21.8 Å². The van der Waals surface area contributed by atoms with Gasteiger partial charge in [0.2, 0.25) is 5.91 Å². The second-order valence-electron chi connectivity index (χ2n) is 7.31. The van der Waals surface area contributed by atoms with Gasteiger partial charge in [0.05, 0.1) is 6.04 Å². The van der Waals surface area contributed by atoms with Crippen molar-refractivity contribution in [3.63, 3.8) is 0 Å². The van der Waals surface area contributed by atoms with Crippen molar-refractivity contribution in [2.24, 2.45) is 5.92 Å². The first-order valence-electron chi connectivity index (χ1n) is 9.46. The second kappa shape index (κ2) is 7.39. The zero-order valence-electron chi connectivity index (χ0n) is 14.8. The van der Waals surface area contributed by atoms with Crippen LogP contribution in [0, 0.1) is 5.92 Å². The van der Waals surface area contributed by atoms with E-state index in [9.17, 15) is 9.59 Å². The lowest BCUT2D eigenvalue weighted by atomic mass is 9.90. The Hall–Kier alpha value is -2.51. The number of rotatable bonds is 4.